The van der Waals surface area contributed by atoms with E-state index >= 15 is 0 Å². The van der Waals surface area contributed by atoms with Gasteiger partial charge in [-0.05, 0) is 6.92 Å². The number of hydrogen-bond acceptors (Lipinski definition) is 5. The van der Waals surface area contributed by atoms with E-state index in [2.05, 4.69) is 21.9 Å². The number of anilines is 1. The zero-order valence-electron chi connectivity index (χ0n) is 9.75. The second kappa shape index (κ2) is 4.05. The Bertz CT molecular complexity index is 491. The monoisotopic (exact) mass is 220 g/mol. The van der Waals surface area contributed by atoms with Crippen LogP contribution in [0, 0.1) is 0 Å². The van der Waals surface area contributed by atoms with E-state index in [1.54, 1.807) is 12.7 Å². The van der Waals surface area contributed by atoms with E-state index in [0.29, 0.717) is 6.54 Å². The lowest BCUT2D eigenvalue weighted by Gasteiger charge is -2.24. The molecule has 0 spiro atoms. The summed E-state index contributed by atoms with van der Waals surface area (Å²) in [6.45, 7) is 2.63. The number of hydrogen-bond donors (Lipinski definition) is 1. The molecule has 6 heteroatoms. The first-order valence-electron chi connectivity index (χ1n) is 5.20. The molecule has 1 atom stereocenters. The lowest BCUT2D eigenvalue weighted by molar-refractivity contribution is 0.688. The second-order valence-electron chi connectivity index (χ2n) is 3.92. The van der Waals surface area contributed by atoms with Crippen molar-refractivity contribution in [1.82, 2.24) is 19.5 Å². The van der Waals surface area contributed by atoms with Gasteiger partial charge in [0.25, 0.3) is 0 Å². The third kappa shape index (κ3) is 1.61. The van der Waals surface area contributed by atoms with Gasteiger partial charge in [-0.15, -0.1) is 0 Å². The quantitative estimate of drug-likeness (QED) is 0.797. The van der Waals surface area contributed by atoms with Gasteiger partial charge in [-0.1, -0.05) is 0 Å². The summed E-state index contributed by atoms with van der Waals surface area (Å²) in [6.07, 6.45) is 3.29. The van der Waals surface area contributed by atoms with Crippen molar-refractivity contribution in [2.75, 3.05) is 18.5 Å². The molecule has 1 unspecified atom stereocenters. The van der Waals surface area contributed by atoms with Gasteiger partial charge in [0.15, 0.2) is 17.0 Å². The summed E-state index contributed by atoms with van der Waals surface area (Å²) < 4.78 is 1.88. The fraction of sp³-hybridized carbons (Fsp3) is 0.500. The number of nitrogens with zero attached hydrogens (tertiary/aromatic N) is 5. The minimum Gasteiger partial charge on any atom is -0.354 e. The molecule has 86 valence electrons. The van der Waals surface area contributed by atoms with Crippen molar-refractivity contribution in [1.29, 1.82) is 0 Å². The van der Waals surface area contributed by atoms with Crippen LogP contribution in [0.5, 0.6) is 0 Å². The van der Waals surface area contributed by atoms with E-state index in [-0.39, 0.29) is 6.04 Å². The Morgan fingerprint density at radius 3 is 2.88 bits per heavy atom. The van der Waals surface area contributed by atoms with Crippen LogP contribution in [0.2, 0.25) is 0 Å². The van der Waals surface area contributed by atoms with Crippen molar-refractivity contribution in [3.05, 3.63) is 12.7 Å². The molecule has 0 aliphatic carbocycles. The fourth-order valence-electron chi connectivity index (χ4n) is 1.56. The van der Waals surface area contributed by atoms with Gasteiger partial charge >= 0.3 is 0 Å². The number of nitrogens with two attached hydrogens (primary N) is 1. The summed E-state index contributed by atoms with van der Waals surface area (Å²) in [5.74, 6) is 0.823. The number of aryl methyl sites for hydroxylation is 1. The normalized spacial score (nSPS) is 13.0. The molecule has 6 nitrogen and oxygen atoms in total. The van der Waals surface area contributed by atoms with Crippen molar-refractivity contribution in [2.45, 2.75) is 13.0 Å². The number of imidazole rings is 1. The standard InChI is InChI=1S/C10H16N6/c1-7(4-11)16(3)10-8-9(12-5-13-10)15(2)6-14-8/h5-7H,4,11H2,1-3H3. The third-order valence-electron chi connectivity index (χ3n) is 2.81. The molecule has 0 fully saturated rings. The lowest BCUT2D eigenvalue weighted by Crippen LogP contribution is -2.36. The molecule has 0 bridgehead atoms. The molecule has 0 radical (unpaired) electrons. The molecule has 2 aromatic heterocycles. The molecular formula is C10H16N6. The van der Waals surface area contributed by atoms with Gasteiger partial charge < -0.3 is 15.2 Å². The maximum absolute atomic E-state index is 5.65. The highest BCUT2D eigenvalue weighted by Crippen LogP contribution is 2.20. The largest absolute Gasteiger partial charge is 0.354 e. The number of likely N-dealkylation sites (N-methyl/N-ethyl adjacent to an activating group) is 1. The second-order valence-corrected chi connectivity index (χ2v) is 3.92. The fourth-order valence-corrected chi connectivity index (χ4v) is 1.56. The van der Waals surface area contributed by atoms with Crippen LogP contribution in [0.15, 0.2) is 12.7 Å². The van der Waals surface area contributed by atoms with Gasteiger partial charge in [0.2, 0.25) is 0 Å². The predicted octanol–water partition coefficient (Wildman–Crippen LogP) is 0.147. The van der Waals surface area contributed by atoms with Crippen LogP contribution in [-0.4, -0.2) is 39.2 Å². The minimum absolute atomic E-state index is 0.222. The first kappa shape index (κ1) is 10.8. The minimum atomic E-state index is 0.222. The molecular weight excluding hydrogens is 204 g/mol. The van der Waals surface area contributed by atoms with Crippen LogP contribution >= 0.6 is 0 Å². The van der Waals surface area contributed by atoms with E-state index in [0.717, 1.165) is 17.0 Å². The van der Waals surface area contributed by atoms with Gasteiger partial charge in [-0.2, -0.15) is 0 Å². The number of fused-ring (bicyclic) bond motifs is 1. The summed E-state index contributed by atoms with van der Waals surface area (Å²) in [5.41, 5.74) is 7.30. The highest BCUT2D eigenvalue weighted by molar-refractivity contribution is 5.83. The maximum atomic E-state index is 5.65. The van der Waals surface area contributed by atoms with E-state index < -0.39 is 0 Å². The zero-order valence-corrected chi connectivity index (χ0v) is 9.75. The Labute approximate surface area is 94.1 Å². The molecule has 0 saturated heterocycles. The smallest absolute Gasteiger partial charge is 0.165 e. The Morgan fingerprint density at radius 1 is 1.44 bits per heavy atom. The molecule has 2 N–H and O–H groups in total. The molecule has 0 saturated carbocycles. The van der Waals surface area contributed by atoms with Gasteiger partial charge in [0.05, 0.1) is 6.33 Å². The zero-order chi connectivity index (χ0) is 11.7. The highest BCUT2D eigenvalue weighted by atomic mass is 15.2. The third-order valence-corrected chi connectivity index (χ3v) is 2.81. The average molecular weight is 220 g/mol. The van der Waals surface area contributed by atoms with E-state index in [4.69, 9.17) is 5.73 Å². The van der Waals surface area contributed by atoms with Crippen molar-refractivity contribution in [3.8, 4) is 0 Å². The van der Waals surface area contributed by atoms with Crippen LogP contribution in [0.25, 0.3) is 11.2 Å². The predicted molar refractivity (Wildman–Crippen MR) is 63.2 cm³/mol. The number of rotatable bonds is 3. The van der Waals surface area contributed by atoms with Gasteiger partial charge in [0, 0.05) is 26.7 Å². The van der Waals surface area contributed by atoms with Gasteiger partial charge in [-0.3, -0.25) is 0 Å². The SMILES string of the molecule is CC(CN)N(C)c1ncnc2c1ncn2C. The van der Waals surface area contributed by atoms with Gasteiger partial charge in [-0.25, -0.2) is 15.0 Å². The molecule has 2 heterocycles. The van der Waals surface area contributed by atoms with Crippen molar-refractivity contribution in [2.24, 2.45) is 12.8 Å². The summed E-state index contributed by atoms with van der Waals surface area (Å²) >= 11 is 0. The molecule has 16 heavy (non-hydrogen) atoms. The molecule has 0 aliphatic rings. The van der Waals surface area contributed by atoms with E-state index in [9.17, 15) is 0 Å². The Hall–Kier alpha value is -1.69. The van der Waals surface area contributed by atoms with Crippen LogP contribution < -0.4 is 10.6 Å². The first-order valence-corrected chi connectivity index (χ1v) is 5.20. The van der Waals surface area contributed by atoms with Gasteiger partial charge in [0.1, 0.15) is 6.33 Å². The summed E-state index contributed by atoms with van der Waals surface area (Å²) in [4.78, 5) is 14.8. The molecule has 2 rings (SSSR count). The Morgan fingerprint density at radius 2 is 2.19 bits per heavy atom. The van der Waals surface area contributed by atoms with Crippen LogP contribution in [-0.2, 0) is 7.05 Å². The van der Waals surface area contributed by atoms with Crippen molar-refractivity contribution >= 4 is 17.0 Å². The van der Waals surface area contributed by atoms with Crippen molar-refractivity contribution in [3.63, 3.8) is 0 Å². The van der Waals surface area contributed by atoms with Crippen LogP contribution in [0.4, 0.5) is 5.82 Å². The van der Waals surface area contributed by atoms with E-state index in [1.165, 1.54) is 0 Å². The van der Waals surface area contributed by atoms with Crippen LogP contribution in [0.1, 0.15) is 6.92 Å². The number of aromatic nitrogens is 4. The summed E-state index contributed by atoms with van der Waals surface area (Å²) in [6, 6.07) is 0.222. The molecule has 0 amide bonds. The maximum Gasteiger partial charge on any atom is 0.165 e. The molecule has 0 aliphatic heterocycles. The Balaban J connectivity index is 2.52. The Kier molecular flexibility index (Phi) is 2.74. The molecule has 0 aromatic carbocycles. The summed E-state index contributed by atoms with van der Waals surface area (Å²) in [5, 5.41) is 0. The summed E-state index contributed by atoms with van der Waals surface area (Å²) in [7, 11) is 3.88. The van der Waals surface area contributed by atoms with E-state index in [1.807, 2.05) is 23.6 Å². The lowest BCUT2D eigenvalue weighted by atomic mass is 10.3. The average Bonchev–Trinajstić information content (AvgIpc) is 2.69. The first-order chi connectivity index (χ1) is 7.65. The van der Waals surface area contributed by atoms with Crippen molar-refractivity contribution < 1.29 is 0 Å². The molecule has 2 aromatic rings. The topological polar surface area (TPSA) is 72.9 Å². The van der Waals surface area contributed by atoms with Crippen LogP contribution in [0.3, 0.4) is 0 Å². The highest BCUT2D eigenvalue weighted by Gasteiger charge is 2.15.